The van der Waals surface area contributed by atoms with Crippen LogP contribution in [0.5, 0.6) is 0 Å². The van der Waals surface area contributed by atoms with E-state index in [0.717, 1.165) is 5.56 Å². The number of hydrogen-bond donors (Lipinski definition) is 0. The summed E-state index contributed by atoms with van der Waals surface area (Å²) in [4.78, 5) is 34.2. The van der Waals surface area contributed by atoms with E-state index in [2.05, 4.69) is 25.5 Å². The lowest BCUT2D eigenvalue weighted by molar-refractivity contribution is -0.354. The highest BCUT2D eigenvalue weighted by atomic mass is 17.2. The third-order valence-electron chi connectivity index (χ3n) is 3.23. The minimum absolute atomic E-state index is 0.0187. The number of ether oxygens (including phenoxy) is 2. The Labute approximate surface area is 149 Å². The smallest absolute Gasteiger partial charge is 0.349 e. The molecular formula is C19H28O6. The van der Waals surface area contributed by atoms with Gasteiger partial charge in [0.2, 0.25) is 6.10 Å². The highest BCUT2D eigenvalue weighted by Crippen LogP contribution is 2.22. The van der Waals surface area contributed by atoms with E-state index in [1.165, 1.54) is 7.11 Å². The zero-order chi connectivity index (χ0) is 19.3. The molecule has 6 heteroatoms. The van der Waals surface area contributed by atoms with Crippen LogP contribution in [0.3, 0.4) is 0 Å². The van der Waals surface area contributed by atoms with Gasteiger partial charge < -0.3 is 9.47 Å². The quantitative estimate of drug-likeness (QED) is 0.444. The fraction of sp³-hybridized carbons (Fsp3) is 0.579. The average molecular weight is 352 g/mol. The van der Waals surface area contributed by atoms with Crippen LogP contribution in [0.15, 0.2) is 24.3 Å². The molecule has 0 aliphatic carbocycles. The zero-order valence-corrected chi connectivity index (χ0v) is 16.0. The minimum Gasteiger partial charge on any atom is -0.466 e. The molecule has 25 heavy (non-hydrogen) atoms. The summed E-state index contributed by atoms with van der Waals surface area (Å²) in [6.45, 7) is 11.4. The maximum absolute atomic E-state index is 12.3. The predicted octanol–water partition coefficient (Wildman–Crippen LogP) is 3.43. The highest BCUT2D eigenvalue weighted by Gasteiger charge is 2.26. The van der Waals surface area contributed by atoms with E-state index in [4.69, 9.17) is 14.5 Å². The molecule has 0 radical (unpaired) electrons. The molecule has 0 aromatic heterocycles. The van der Waals surface area contributed by atoms with Gasteiger partial charge in [-0.2, -0.15) is 0 Å². The van der Waals surface area contributed by atoms with Crippen molar-refractivity contribution in [3.63, 3.8) is 0 Å². The van der Waals surface area contributed by atoms with Gasteiger partial charge in [-0.3, -0.25) is 0 Å². The van der Waals surface area contributed by atoms with Gasteiger partial charge in [0.1, 0.15) is 6.61 Å². The second-order valence-corrected chi connectivity index (χ2v) is 7.72. The molecule has 1 unspecified atom stereocenters. The Hall–Kier alpha value is -1.92. The Morgan fingerprint density at radius 1 is 1.00 bits per heavy atom. The van der Waals surface area contributed by atoms with E-state index in [0.29, 0.717) is 5.56 Å². The average Bonchev–Trinajstić information content (AvgIpc) is 2.51. The summed E-state index contributed by atoms with van der Waals surface area (Å²) in [5, 5.41) is 0. The third-order valence-corrected chi connectivity index (χ3v) is 3.23. The number of carbonyl (C=O) groups is 2. The molecular weight excluding hydrogens is 324 g/mol. The topological polar surface area (TPSA) is 71.1 Å². The molecule has 0 N–H and O–H groups in total. The van der Waals surface area contributed by atoms with Crippen molar-refractivity contribution < 1.29 is 28.8 Å². The van der Waals surface area contributed by atoms with E-state index in [-0.39, 0.29) is 12.0 Å². The van der Waals surface area contributed by atoms with Gasteiger partial charge in [-0.05, 0) is 43.9 Å². The van der Waals surface area contributed by atoms with Crippen molar-refractivity contribution in [2.75, 3.05) is 13.7 Å². The van der Waals surface area contributed by atoms with Crippen LogP contribution in [-0.4, -0.2) is 37.4 Å². The number of benzene rings is 1. The lowest BCUT2D eigenvalue weighted by Gasteiger charge is -2.21. The largest absolute Gasteiger partial charge is 0.466 e. The molecule has 1 aromatic carbocycles. The van der Waals surface area contributed by atoms with Crippen LogP contribution in [0, 0.1) is 0 Å². The summed E-state index contributed by atoms with van der Waals surface area (Å²) < 4.78 is 9.85. The summed E-state index contributed by atoms with van der Waals surface area (Å²) in [5.74, 6) is -1.34. The summed E-state index contributed by atoms with van der Waals surface area (Å²) in [5.41, 5.74) is 0.872. The molecule has 1 rings (SSSR count). The lowest BCUT2D eigenvalue weighted by Crippen LogP contribution is -2.34. The molecule has 140 valence electrons. The van der Waals surface area contributed by atoms with E-state index in [9.17, 15) is 9.59 Å². The van der Waals surface area contributed by atoms with Crippen molar-refractivity contribution in [3.8, 4) is 0 Å². The van der Waals surface area contributed by atoms with Crippen LogP contribution >= 0.6 is 0 Å². The van der Waals surface area contributed by atoms with Crippen molar-refractivity contribution in [1.29, 1.82) is 0 Å². The number of carbonyl (C=O) groups excluding carboxylic acids is 2. The fourth-order valence-corrected chi connectivity index (χ4v) is 1.86. The van der Waals surface area contributed by atoms with Gasteiger partial charge >= 0.3 is 11.9 Å². The van der Waals surface area contributed by atoms with Gasteiger partial charge in [0.15, 0.2) is 0 Å². The van der Waals surface area contributed by atoms with Crippen molar-refractivity contribution in [2.45, 2.75) is 58.7 Å². The fourth-order valence-electron chi connectivity index (χ4n) is 1.86. The van der Waals surface area contributed by atoms with Crippen LogP contribution in [0.2, 0.25) is 0 Å². The first kappa shape index (κ1) is 21.1. The first-order valence-electron chi connectivity index (χ1n) is 8.14. The van der Waals surface area contributed by atoms with Gasteiger partial charge in [0.25, 0.3) is 0 Å². The second kappa shape index (κ2) is 8.45. The number of hydrogen-bond acceptors (Lipinski definition) is 6. The number of esters is 2. The minimum atomic E-state index is -1.21. The summed E-state index contributed by atoms with van der Waals surface area (Å²) in [6.07, 6.45) is -1.21. The molecule has 1 atom stereocenters. The van der Waals surface area contributed by atoms with Crippen LogP contribution < -0.4 is 0 Å². The normalized spacial score (nSPS) is 13.2. The van der Waals surface area contributed by atoms with Crippen LogP contribution in [0.1, 0.15) is 57.5 Å². The molecule has 0 heterocycles. The lowest BCUT2D eigenvalue weighted by atomic mass is 9.87. The molecule has 0 saturated heterocycles. The molecule has 0 amide bonds. The monoisotopic (exact) mass is 352 g/mol. The molecule has 1 aromatic rings. The van der Waals surface area contributed by atoms with E-state index < -0.39 is 23.6 Å². The zero-order valence-electron chi connectivity index (χ0n) is 16.0. The van der Waals surface area contributed by atoms with Gasteiger partial charge in [-0.1, -0.05) is 32.9 Å². The molecule has 6 nitrogen and oxygen atoms in total. The second-order valence-electron chi connectivity index (χ2n) is 7.72. The van der Waals surface area contributed by atoms with Gasteiger partial charge in [-0.25, -0.2) is 19.4 Å². The summed E-state index contributed by atoms with van der Waals surface area (Å²) >= 11 is 0. The van der Waals surface area contributed by atoms with Gasteiger partial charge in [-0.15, -0.1) is 0 Å². The number of rotatable bonds is 6. The first-order valence-corrected chi connectivity index (χ1v) is 8.14. The number of methoxy groups -OCH3 is 1. The molecule has 0 aliphatic heterocycles. The Bertz CT molecular complexity index is 577. The molecule has 0 spiro atoms. The Balaban J connectivity index is 2.75. The predicted molar refractivity (Wildman–Crippen MR) is 93.2 cm³/mol. The molecule has 0 saturated carbocycles. The van der Waals surface area contributed by atoms with Crippen molar-refractivity contribution in [1.82, 2.24) is 0 Å². The van der Waals surface area contributed by atoms with E-state index in [1.54, 1.807) is 32.9 Å². The van der Waals surface area contributed by atoms with Crippen LogP contribution in [0.25, 0.3) is 0 Å². The van der Waals surface area contributed by atoms with E-state index in [1.807, 2.05) is 12.1 Å². The Morgan fingerprint density at radius 3 is 2.00 bits per heavy atom. The SMILES string of the molecule is COC(=O)C(COOC(C)(C)C)OC(=O)c1ccc(C(C)(C)C)cc1. The maximum Gasteiger partial charge on any atom is 0.349 e. The first-order chi connectivity index (χ1) is 11.4. The van der Waals surface area contributed by atoms with E-state index >= 15 is 0 Å². The Morgan fingerprint density at radius 2 is 1.56 bits per heavy atom. The van der Waals surface area contributed by atoms with Gasteiger partial charge in [0.05, 0.1) is 18.3 Å². The van der Waals surface area contributed by atoms with Crippen molar-refractivity contribution in [3.05, 3.63) is 35.4 Å². The third kappa shape index (κ3) is 7.23. The van der Waals surface area contributed by atoms with Gasteiger partial charge in [0, 0.05) is 0 Å². The van der Waals surface area contributed by atoms with Crippen LogP contribution in [-0.2, 0) is 29.5 Å². The summed E-state index contributed by atoms with van der Waals surface area (Å²) in [6, 6.07) is 7.07. The highest BCUT2D eigenvalue weighted by molar-refractivity contribution is 5.91. The Kier molecular flexibility index (Phi) is 7.14. The molecule has 0 fully saturated rings. The maximum atomic E-state index is 12.3. The van der Waals surface area contributed by atoms with Crippen LogP contribution in [0.4, 0.5) is 0 Å². The molecule has 0 aliphatic rings. The van der Waals surface area contributed by atoms with Crippen molar-refractivity contribution >= 4 is 11.9 Å². The molecule has 0 bridgehead atoms. The summed E-state index contributed by atoms with van der Waals surface area (Å²) in [7, 11) is 1.21. The van der Waals surface area contributed by atoms with Crippen molar-refractivity contribution in [2.24, 2.45) is 0 Å². The standard InChI is InChI=1S/C19H28O6/c1-18(2,3)14-10-8-13(9-11-14)16(20)24-15(17(21)22-7)12-23-25-19(4,5)6/h8-11,15H,12H2,1-7H3.